The fraction of sp³-hybridized carbons (Fsp3) is 0.346. The van der Waals surface area contributed by atoms with Crippen molar-refractivity contribution >= 4 is 11.8 Å². The van der Waals surface area contributed by atoms with Gasteiger partial charge in [-0.2, -0.15) is 5.10 Å². The van der Waals surface area contributed by atoms with Crippen molar-refractivity contribution in [3.8, 4) is 17.2 Å². The maximum absolute atomic E-state index is 13.1. The van der Waals surface area contributed by atoms with Crippen LogP contribution >= 0.6 is 0 Å². The Morgan fingerprint density at radius 2 is 1.56 bits per heavy atom. The van der Waals surface area contributed by atoms with E-state index in [2.05, 4.69) is 5.10 Å². The summed E-state index contributed by atoms with van der Waals surface area (Å²) in [5.41, 5.74) is 3.77. The predicted octanol–water partition coefficient (Wildman–Crippen LogP) is 2.54. The first-order valence-corrected chi connectivity index (χ1v) is 11.6. The average Bonchev–Trinajstić information content (AvgIpc) is 3.17. The first-order valence-electron chi connectivity index (χ1n) is 11.6. The van der Waals surface area contributed by atoms with E-state index in [9.17, 15) is 9.59 Å². The molecule has 0 spiro atoms. The van der Waals surface area contributed by atoms with Gasteiger partial charge in [0.15, 0.2) is 11.5 Å². The molecule has 0 radical (unpaired) electrons. The molecular formula is C26H28N4O4. The van der Waals surface area contributed by atoms with Gasteiger partial charge in [-0.25, -0.2) is 4.68 Å². The van der Waals surface area contributed by atoms with Crippen molar-refractivity contribution in [2.45, 2.75) is 26.4 Å². The molecule has 2 aliphatic heterocycles. The van der Waals surface area contributed by atoms with E-state index in [1.54, 1.807) is 11.0 Å². The molecular weight excluding hydrogens is 432 g/mol. The number of fused-ring (bicyclic) bond motifs is 1. The minimum atomic E-state index is -0.661. The van der Waals surface area contributed by atoms with Crippen molar-refractivity contribution in [2.75, 3.05) is 32.8 Å². The van der Waals surface area contributed by atoms with Crippen LogP contribution in [0.15, 0.2) is 54.6 Å². The molecule has 2 aliphatic rings. The second-order valence-corrected chi connectivity index (χ2v) is 8.64. The fourth-order valence-electron chi connectivity index (χ4n) is 4.54. The number of para-hydroxylation sites is 3. The number of piperazine rings is 1. The number of carbonyl (C=O) groups excluding carboxylic acids is 2. The lowest BCUT2D eigenvalue weighted by molar-refractivity contribution is -0.146. The molecule has 0 unspecified atom stereocenters. The van der Waals surface area contributed by atoms with Gasteiger partial charge in [0.05, 0.1) is 17.8 Å². The average molecular weight is 461 g/mol. The van der Waals surface area contributed by atoms with Gasteiger partial charge in [0.25, 0.3) is 5.91 Å². The molecule has 1 aromatic heterocycles. The molecule has 5 rings (SSSR count). The maximum atomic E-state index is 13.1. The molecule has 176 valence electrons. The molecule has 34 heavy (non-hydrogen) atoms. The largest absolute Gasteiger partial charge is 0.485 e. The molecule has 0 saturated carbocycles. The van der Waals surface area contributed by atoms with Gasteiger partial charge in [-0.05, 0) is 38.1 Å². The molecule has 1 saturated heterocycles. The topological polar surface area (TPSA) is 76.9 Å². The van der Waals surface area contributed by atoms with E-state index in [1.165, 1.54) is 0 Å². The van der Waals surface area contributed by atoms with Gasteiger partial charge in [-0.1, -0.05) is 30.3 Å². The number of hydrogen-bond donors (Lipinski definition) is 0. The highest BCUT2D eigenvalue weighted by molar-refractivity contribution is 5.83. The normalized spacial score (nSPS) is 17.5. The summed E-state index contributed by atoms with van der Waals surface area (Å²) >= 11 is 0. The zero-order valence-electron chi connectivity index (χ0n) is 19.4. The van der Waals surface area contributed by atoms with E-state index in [-0.39, 0.29) is 18.4 Å². The third-order valence-corrected chi connectivity index (χ3v) is 6.50. The summed E-state index contributed by atoms with van der Waals surface area (Å²) in [6, 6.07) is 17.3. The van der Waals surface area contributed by atoms with Crippen LogP contribution in [0.5, 0.6) is 11.5 Å². The third-order valence-electron chi connectivity index (χ3n) is 6.50. The highest BCUT2D eigenvalue weighted by Gasteiger charge is 2.33. The number of benzene rings is 2. The van der Waals surface area contributed by atoms with E-state index >= 15 is 0 Å². The minimum absolute atomic E-state index is 0.0529. The molecule has 0 bridgehead atoms. The van der Waals surface area contributed by atoms with Gasteiger partial charge in [0.2, 0.25) is 12.0 Å². The number of rotatable bonds is 4. The Kier molecular flexibility index (Phi) is 5.96. The monoisotopic (exact) mass is 460 g/mol. The van der Waals surface area contributed by atoms with Gasteiger partial charge in [-0.15, -0.1) is 0 Å². The first kappa shape index (κ1) is 22.0. The number of carbonyl (C=O) groups is 2. The van der Waals surface area contributed by atoms with E-state index in [1.807, 2.05) is 72.0 Å². The lowest BCUT2D eigenvalue weighted by Gasteiger charge is -2.37. The minimum Gasteiger partial charge on any atom is -0.485 e. The van der Waals surface area contributed by atoms with Crippen molar-refractivity contribution in [3.05, 3.63) is 71.5 Å². The Bertz CT molecular complexity index is 1200. The lowest BCUT2D eigenvalue weighted by Crippen LogP contribution is -2.55. The Hall–Kier alpha value is -3.81. The van der Waals surface area contributed by atoms with Crippen LogP contribution in [0.1, 0.15) is 17.0 Å². The van der Waals surface area contributed by atoms with E-state index < -0.39 is 6.10 Å². The summed E-state index contributed by atoms with van der Waals surface area (Å²) in [4.78, 5) is 29.6. The summed E-state index contributed by atoms with van der Waals surface area (Å²) in [6.07, 6.45) is -0.360. The van der Waals surface area contributed by atoms with E-state index in [4.69, 9.17) is 9.47 Å². The lowest BCUT2D eigenvalue weighted by atomic mass is 10.1. The van der Waals surface area contributed by atoms with Gasteiger partial charge in [-0.3, -0.25) is 9.59 Å². The number of amides is 2. The predicted molar refractivity (Wildman–Crippen MR) is 126 cm³/mol. The van der Waals surface area contributed by atoms with Crippen molar-refractivity contribution < 1.29 is 19.1 Å². The number of aromatic nitrogens is 2. The van der Waals surface area contributed by atoms with E-state index in [0.717, 1.165) is 22.6 Å². The summed E-state index contributed by atoms with van der Waals surface area (Å²) in [5.74, 6) is 1.19. The molecule has 0 N–H and O–H groups in total. The van der Waals surface area contributed by atoms with Crippen LogP contribution < -0.4 is 9.47 Å². The summed E-state index contributed by atoms with van der Waals surface area (Å²) in [7, 11) is 0. The maximum Gasteiger partial charge on any atom is 0.267 e. The summed E-state index contributed by atoms with van der Waals surface area (Å²) in [6.45, 7) is 6.09. The van der Waals surface area contributed by atoms with Crippen LogP contribution in [0.2, 0.25) is 0 Å². The first-order chi connectivity index (χ1) is 16.5. The van der Waals surface area contributed by atoms with Crippen LogP contribution in [-0.4, -0.2) is 70.3 Å². The van der Waals surface area contributed by atoms with Gasteiger partial charge in [0, 0.05) is 37.4 Å². The molecule has 0 aliphatic carbocycles. The molecule has 2 aromatic carbocycles. The third kappa shape index (κ3) is 4.23. The van der Waals surface area contributed by atoms with Crippen molar-refractivity contribution in [2.24, 2.45) is 0 Å². The van der Waals surface area contributed by atoms with Crippen LogP contribution in [0, 0.1) is 13.8 Å². The fourth-order valence-corrected chi connectivity index (χ4v) is 4.54. The van der Waals surface area contributed by atoms with Gasteiger partial charge < -0.3 is 19.3 Å². The number of ether oxygens (including phenoxy) is 2. The molecule has 1 atom stereocenters. The van der Waals surface area contributed by atoms with Crippen molar-refractivity contribution in [3.63, 3.8) is 0 Å². The van der Waals surface area contributed by atoms with Crippen LogP contribution in [-0.2, 0) is 16.0 Å². The van der Waals surface area contributed by atoms with Crippen LogP contribution in [0.3, 0.4) is 0 Å². The summed E-state index contributed by atoms with van der Waals surface area (Å²) < 4.78 is 13.4. The highest BCUT2D eigenvalue weighted by atomic mass is 16.6. The smallest absolute Gasteiger partial charge is 0.267 e. The quantitative estimate of drug-likeness (QED) is 0.598. The second-order valence-electron chi connectivity index (χ2n) is 8.64. The Morgan fingerprint density at radius 1 is 0.912 bits per heavy atom. The van der Waals surface area contributed by atoms with Gasteiger partial charge >= 0.3 is 0 Å². The van der Waals surface area contributed by atoms with Crippen LogP contribution in [0.4, 0.5) is 0 Å². The van der Waals surface area contributed by atoms with Crippen molar-refractivity contribution in [1.82, 2.24) is 19.6 Å². The van der Waals surface area contributed by atoms with Gasteiger partial charge in [0.1, 0.15) is 6.61 Å². The number of aryl methyl sites for hydroxylation is 1. The second kappa shape index (κ2) is 9.21. The summed E-state index contributed by atoms with van der Waals surface area (Å²) in [5, 5.41) is 4.65. The number of nitrogens with zero attached hydrogens (tertiary/aromatic N) is 4. The van der Waals surface area contributed by atoms with E-state index in [0.29, 0.717) is 44.1 Å². The zero-order chi connectivity index (χ0) is 23.7. The molecule has 8 nitrogen and oxygen atoms in total. The highest BCUT2D eigenvalue weighted by Crippen LogP contribution is 2.31. The van der Waals surface area contributed by atoms with Crippen molar-refractivity contribution in [1.29, 1.82) is 0 Å². The number of hydrogen-bond acceptors (Lipinski definition) is 5. The SMILES string of the molecule is Cc1nn(-c2ccccc2)c(C)c1CC(=O)N1CCN(C(=O)[C@@H]2COc3ccccc3O2)CC1. The van der Waals surface area contributed by atoms with Crippen LogP contribution in [0.25, 0.3) is 5.69 Å². The Morgan fingerprint density at radius 3 is 2.29 bits per heavy atom. The molecule has 3 aromatic rings. The Labute approximate surface area is 198 Å². The Balaban J connectivity index is 1.18. The molecule has 3 heterocycles. The standard InChI is InChI=1S/C26H28N4O4/c1-18-21(19(2)30(27-18)20-8-4-3-5-9-20)16-25(31)28-12-14-29(15-13-28)26(32)24-17-33-22-10-6-7-11-23(22)34-24/h3-11,24H,12-17H2,1-2H3/t24-/m0/s1. The molecule has 2 amide bonds. The molecule has 1 fully saturated rings. The zero-order valence-corrected chi connectivity index (χ0v) is 19.4. The molecule has 8 heteroatoms.